The monoisotopic (exact) mass is 217 g/mol. The van der Waals surface area contributed by atoms with Gasteiger partial charge in [-0.15, -0.1) is 0 Å². The third-order valence-electron chi connectivity index (χ3n) is 3.84. The van der Waals surface area contributed by atoms with Crippen molar-refractivity contribution in [2.24, 2.45) is 0 Å². The maximum atomic E-state index is 5.46. The zero-order valence-electron chi connectivity index (χ0n) is 9.61. The van der Waals surface area contributed by atoms with Gasteiger partial charge in [-0.3, -0.25) is 0 Å². The Morgan fingerprint density at radius 2 is 2.00 bits per heavy atom. The Morgan fingerprint density at radius 3 is 2.69 bits per heavy atom. The molecule has 0 radical (unpaired) electrons. The lowest BCUT2D eigenvalue weighted by molar-refractivity contribution is 0.194. The Bertz CT molecular complexity index is 320. The molecule has 86 valence electrons. The van der Waals surface area contributed by atoms with E-state index in [1.807, 2.05) is 0 Å². The second-order valence-corrected chi connectivity index (χ2v) is 4.92. The lowest BCUT2D eigenvalue weighted by Gasteiger charge is -2.13. The van der Waals surface area contributed by atoms with E-state index in [0.29, 0.717) is 5.92 Å². The summed E-state index contributed by atoms with van der Waals surface area (Å²) in [4.78, 5) is 0. The van der Waals surface area contributed by atoms with Crippen LogP contribution < -0.4 is 5.32 Å². The first-order valence-corrected chi connectivity index (χ1v) is 6.32. The van der Waals surface area contributed by atoms with E-state index in [0.717, 1.165) is 25.7 Å². The third-order valence-corrected chi connectivity index (χ3v) is 3.84. The first-order chi connectivity index (χ1) is 7.93. The van der Waals surface area contributed by atoms with Crippen molar-refractivity contribution in [1.82, 2.24) is 5.32 Å². The lowest BCUT2D eigenvalue weighted by Crippen LogP contribution is -2.08. The quantitative estimate of drug-likeness (QED) is 0.820. The molecule has 0 saturated carbocycles. The van der Waals surface area contributed by atoms with Crippen molar-refractivity contribution in [2.75, 3.05) is 26.3 Å². The molecule has 2 atom stereocenters. The number of ether oxygens (including phenoxy) is 1. The van der Waals surface area contributed by atoms with Crippen LogP contribution in [0.3, 0.4) is 0 Å². The molecule has 0 bridgehead atoms. The summed E-state index contributed by atoms with van der Waals surface area (Å²) in [5.41, 5.74) is 2.98. The number of benzene rings is 1. The number of rotatable bonds is 2. The SMILES string of the molecule is c1cc(C2CCNC2)cc(C2CCOC2)c1. The highest BCUT2D eigenvalue weighted by Gasteiger charge is 2.20. The van der Waals surface area contributed by atoms with Gasteiger partial charge in [-0.25, -0.2) is 0 Å². The zero-order chi connectivity index (χ0) is 10.8. The highest BCUT2D eigenvalue weighted by molar-refractivity contribution is 5.30. The van der Waals surface area contributed by atoms with E-state index in [2.05, 4.69) is 29.6 Å². The Kier molecular flexibility index (Phi) is 2.94. The average molecular weight is 217 g/mol. The highest BCUT2D eigenvalue weighted by atomic mass is 16.5. The summed E-state index contributed by atoms with van der Waals surface area (Å²) in [7, 11) is 0. The van der Waals surface area contributed by atoms with Gasteiger partial charge in [-0.1, -0.05) is 24.3 Å². The van der Waals surface area contributed by atoms with Crippen LogP contribution in [0.1, 0.15) is 35.8 Å². The summed E-state index contributed by atoms with van der Waals surface area (Å²) in [6, 6.07) is 9.14. The second kappa shape index (κ2) is 4.56. The van der Waals surface area contributed by atoms with Gasteiger partial charge in [0.25, 0.3) is 0 Å². The van der Waals surface area contributed by atoms with Gasteiger partial charge in [0.1, 0.15) is 0 Å². The summed E-state index contributed by atoms with van der Waals surface area (Å²) < 4.78 is 5.46. The van der Waals surface area contributed by atoms with Crippen LogP contribution in [0.5, 0.6) is 0 Å². The summed E-state index contributed by atoms with van der Waals surface area (Å²) >= 11 is 0. The van der Waals surface area contributed by atoms with E-state index >= 15 is 0 Å². The van der Waals surface area contributed by atoms with Crippen molar-refractivity contribution in [2.45, 2.75) is 24.7 Å². The molecular formula is C14H19NO. The van der Waals surface area contributed by atoms with E-state index in [1.54, 1.807) is 0 Å². The van der Waals surface area contributed by atoms with Gasteiger partial charge in [-0.2, -0.15) is 0 Å². The molecule has 2 aliphatic heterocycles. The Balaban J connectivity index is 1.81. The summed E-state index contributed by atoms with van der Waals surface area (Å²) in [6.45, 7) is 4.15. The zero-order valence-corrected chi connectivity index (χ0v) is 9.61. The first kappa shape index (κ1) is 10.3. The van der Waals surface area contributed by atoms with E-state index in [4.69, 9.17) is 4.74 Å². The molecule has 0 spiro atoms. The molecule has 2 heterocycles. The van der Waals surface area contributed by atoms with Gasteiger partial charge in [0.05, 0.1) is 6.61 Å². The molecule has 2 unspecified atom stereocenters. The standard InChI is InChI=1S/C14H19NO/c1-2-11(13-4-6-15-9-13)8-12(3-1)14-5-7-16-10-14/h1-3,8,13-15H,4-7,9-10H2. The molecule has 2 heteroatoms. The predicted octanol–water partition coefficient (Wildman–Crippen LogP) is 2.27. The van der Waals surface area contributed by atoms with Gasteiger partial charge in [0.15, 0.2) is 0 Å². The molecule has 3 rings (SSSR count). The molecule has 1 aromatic carbocycles. The molecule has 2 saturated heterocycles. The fraction of sp³-hybridized carbons (Fsp3) is 0.571. The summed E-state index contributed by atoms with van der Waals surface area (Å²) in [5, 5.41) is 3.44. The average Bonchev–Trinajstić information content (AvgIpc) is 3.03. The lowest BCUT2D eigenvalue weighted by atomic mass is 9.91. The first-order valence-electron chi connectivity index (χ1n) is 6.32. The molecule has 0 aromatic heterocycles. The molecule has 1 N–H and O–H groups in total. The highest BCUT2D eigenvalue weighted by Crippen LogP contribution is 2.29. The van der Waals surface area contributed by atoms with E-state index in [9.17, 15) is 0 Å². The van der Waals surface area contributed by atoms with Crippen LogP contribution in [0, 0.1) is 0 Å². The summed E-state index contributed by atoms with van der Waals surface area (Å²) in [6.07, 6.45) is 2.47. The van der Waals surface area contributed by atoms with E-state index in [-0.39, 0.29) is 0 Å². The van der Waals surface area contributed by atoms with Crippen LogP contribution in [-0.4, -0.2) is 26.3 Å². The molecule has 2 nitrogen and oxygen atoms in total. The molecule has 1 aromatic rings. The van der Waals surface area contributed by atoms with Gasteiger partial charge < -0.3 is 10.1 Å². The Morgan fingerprint density at radius 1 is 1.12 bits per heavy atom. The molecule has 0 amide bonds. The van der Waals surface area contributed by atoms with Gasteiger partial charge in [0, 0.05) is 19.1 Å². The maximum Gasteiger partial charge on any atom is 0.0535 e. The predicted molar refractivity (Wildman–Crippen MR) is 64.8 cm³/mol. The van der Waals surface area contributed by atoms with Crippen molar-refractivity contribution in [1.29, 1.82) is 0 Å². The number of hydrogen-bond acceptors (Lipinski definition) is 2. The minimum Gasteiger partial charge on any atom is -0.381 e. The minimum atomic E-state index is 0.634. The van der Waals surface area contributed by atoms with Crippen molar-refractivity contribution < 1.29 is 4.74 Å². The normalized spacial score (nSPS) is 29.8. The number of nitrogens with one attached hydrogen (secondary N) is 1. The third kappa shape index (κ3) is 2.00. The van der Waals surface area contributed by atoms with Crippen LogP contribution in [0.4, 0.5) is 0 Å². The van der Waals surface area contributed by atoms with Crippen LogP contribution in [0.2, 0.25) is 0 Å². The fourth-order valence-corrected chi connectivity index (χ4v) is 2.80. The van der Waals surface area contributed by atoms with Gasteiger partial charge in [0.2, 0.25) is 0 Å². The van der Waals surface area contributed by atoms with Gasteiger partial charge >= 0.3 is 0 Å². The molecule has 2 fully saturated rings. The van der Waals surface area contributed by atoms with E-state index in [1.165, 1.54) is 30.5 Å². The molecule has 0 aliphatic carbocycles. The minimum absolute atomic E-state index is 0.634. The van der Waals surface area contributed by atoms with Crippen LogP contribution in [-0.2, 0) is 4.74 Å². The van der Waals surface area contributed by atoms with Crippen molar-refractivity contribution in [3.8, 4) is 0 Å². The fourth-order valence-electron chi connectivity index (χ4n) is 2.80. The Labute approximate surface area is 97.0 Å². The van der Waals surface area contributed by atoms with Gasteiger partial charge in [-0.05, 0) is 36.4 Å². The van der Waals surface area contributed by atoms with Crippen LogP contribution >= 0.6 is 0 Å². The maximum absolute atomic E-state index is 5.46. The topological polar surface area (TPSA) is 21.3 Å². The molecular weight excluding hydrogens is 198 g/mol. The Hall–Kier alpha value is -0.860. The van der Waals surface area contributed by atoms with Crippen molar-refractivity contribution in [3.05, 3.63) is 35.4 Å². The van der Waals surface area contributed by atoms with Crippen molar-refractivity contribution >= 4 is 0 Å². The number of hydrogen-bond donors (Lipinski definition) is 1. The van der Waals surface area contributed by atoms with Crippen molar-refractivity contribution in [3.63, 3.8) is 0 Å². The summed E-state index contributed by atoms with van der Waals surface area (Å²) in [5.74, 6) is 1.36. The van der Waals surface area contributed by atoms with E-state index < -0.39 is 0 Å². The smallest absolute Gasteiger partial charge is 0.0535 e. The van der Waals surface area contributed by atoms with Crippen LogP contribution in [0.25, 0.3) is 0 Å². The molecule has 16 heavy (non-hydrogen) atoms. The molecule has 2 aliphatic rings. The largest absolute Gasteiger partial charge is 0.381 e. The van der Waals surface area contributed by atoms with Crippen LogP contribution in [0.15, 0.2) is 24.3 Å². The second-order valence-electron chi connectivity index (χ2n) is 4.92.